The number of nitrogens with one attached hydrogen (secondary N) is 1. The van der Waals surface area contributed by atoms with E-state index in [2.05, 4.69) is 21.2 Å². The van der Waals surface area contributed by atoms with Gasteiger partial charge in [0.05, 0.1) is 12.3 Å². The van der Waals surface area contributed by atoms with Gasteiger partial charge < -0.3 is 10.4 Å². The standard InChI is InChI=1S/C15H18BrNO3/c1-9-7-11(16)6-5-10(9)8-14(18)17-13-4-2-3-12(13)15(19)20/h5-7,12-13H,2-4,8H2,1H3,(H,17,18)(H,19,20)/t12-,13+/m0/s1. The van der Waals surface area contributed by atoms with Crippen molar-refractivity contribution in [2.24, 2.45) is 5.92 Å². The van der Waals surface area contributed by atoms with Gasteiger partial charge in [0.15, 0.2) is 0 Å². The number of aryl methyl sites for hydroxylation is 1. The van der Waals surface area contributed by atoms with Gasteiger partial charge in [-0.3, -0.25) is 9.59 Å². The lowest BCUT2D eigenvalue weighted by Gasteiger charge is -2.18. The number of halogens is 1. The van der Waals surface area contributed by atoms with Gasteiger partial charge in [-0.1, -0.05) is 28.4 Å². The molecule has 1 aliphatic carbocycles. The Kier molecular flexibility index (Phi) is 4.81. The van der Waals surface area contributed by atoms with Crippen LogP contribution in [0.15, 0.2) is 22.7 Å². The zero-order valence-electron chi connectivity index (χ0n) is 11.4. The smallest absolute Gasteiger partial charge is 0.308 e. The molecule has 0 aliphatic heterocycles. The molecule has 1 amide bonds. The van der Waals surface area contributed by atoms with Crippen LogP contribution < -0.4 is 5.32 Å². The maximum Gasteiger partial charge on any atom is 0.308 e. The van der Waals surface area contributed by atoms with Gasteiger partial charge in [0.2, 0.25) is 5.91 Å². The molecule has 2 N–H and O–H groups in total. The molecule has 1 aliphatic rings. The summed E-state index contributed by atoms with van der Waals surface area (Å²) in [6, 6.07) is 5.57. The Bertz CT molecular complexity index is 530. The van der Waals surface area contributed by atoms with E-state index < -0.39 is 11.9 Å². The molecule has 20 heavy (non-hydrogen) atoms. The van der Waals surface area contributed by atoms with E-state index in [0.717, 1.165) is 28.4 Å². The van der Waals surface area contributed by atoms with Crippen molar-refractivity contribution in [3.8, 4) is 0 Å². The molecule has 0 aromatic heterocycles. The predicted octanol–water partition coefficient (Wildman–Crippen LogP) is 2.67. The number of carboxylic acids is 1. The molecule has 0 radical (unpaired) electrons. The Morgan fingerprint density at radius 1 is 1.40 bits per heavy atom. The monoisotopic (exact) mass is 339 g/mol. The number of carbonyl (C=O) groups excluding carboxylic acids is 1. The fourth-order valence-electron chi connectivity index (χ4n) is 2.72. The van der Waals surface area contributed by atoms with E-state index in [1.54, 1.807) is 0 Å². The van der Waals surface area contributed by atoms with Gasteiger partial charge in [-0.2, -0.15) is 0 Å². The molecular formula is C15H18BrNO3. The number of hydrogen-bond acceptors (Lipinski definition) is 2. The second-order valence-electron chi connectivity index (χ2n) is 5.30. The molecule has 4 nitrogen and oxygen atoms in total. The van der Waals surface area contributed by atoms with Gasteiger partial charge in [0.1, 0.15) is 0 Å². The fourth-order valence-corrected chi connectivity index (χ4v) is 3.19. The highest BCUT2D eigenvalue weighted by atomic mass is 79.9. The second kappa shape index (κ2) is 6.39. The molecule has 0 unspecified atom stereocenters. The number of amides is 1. The van der Waals surface area contributed by atoms with Crippen LogP contribution in [0.2, 0.25) is 0 Å². The predicted molar refractivity (Wildman–Crippen MR) is 79.5 cm³/mol. The third-order valence-corrected chi connectivity index (χ3v) is 4.33. The van der Waals surface area contributed by atoms with Gasteiger partial charge in [0, 0.05) is 10.5 Å². The molecule has 1 fully saturated rings. The van der Waals surface area contributed by atoms with E-state index in [1.165, 1.54) is 0 Å². The zero-order chi connectivity index (χ0) is 14.7. The van der Waals surface area contributed by atoms with E-state index in [4.69, 9.17) is 5.11 Å². The molecule has 0 saturated heterocycles. The van der Waals surface area contributed by atoms with Gasteiger partial charge in [-0.15, -0.1) is 0 Å². The van der Waals surface area contributed by atoms with Crippen LogP contribution in [0.4, 0.5) is 0 Å². The quantitative estimate of drug-likeness (QED) is 0.886. The lowest BCUT2D eigenvalue weighted by atomic mass is 10.0. The molecular weight excluding hydrogens is 322 g/mol. The molecule has 2 rings (SSSR count). The summed E-state index contributed by atoms with van der Waals surface area (Å²) in [5.74, 6) is -1.36. The van der Waals surface area contributed by atoms with E-state index in [-0.39, 0.29) is 11.9 Å². The minimum atomic E-state index is -0.812. The summed E-state index contributed by atoms with van der Waals surface area (Å²) >= 11 is 3.39. The first kappa shape index (κ1) is 15.0. The SMILES string of the molecule is Cc1cc(Br)ccc1CC(=O)N[C@@H]1CCC[C@@H]1C(=O)O. The number of rotatable bonds is 4. The summed E-state index contributed by atoms with van der Waals surface area (Å²) in [5, 5.41) is 12.0. The molecule has 0 spiro atoms. The second-order valence-corrected chi connectivity index (χ2v) is 6.21. The minimum absolute atomic E-state index is 0.103. The highest BCUT2D eigenvalue weighted by molar-refractivity contribution is 9.10. The zero-order valence-corrected chi connectivity index (χ0v) is 12.9. The van der Waals surface area contributed by atoms with Crippen molar-refractivity contribution in [2.75, 3.05) is 0 Å². The number of carbonyl (C=O) groups is 2. The molecule has 108 valence electrons. The molecule has 1 aromatic rings. The topological polar surface area (TPSA) is 66.4 Å². The Balaban J connectivity index is 1.97. The Hall–Kier alpha value is -1.36. The Labute approximate surface area is 126 Å². The van der Waals surface area contributed by atoms with Crippen LogP contribution >= 0.6 is 15.9 Å². The van der Waals surface area contributed by atoms with Crippen LogP contribution in [0, 0.1) is 12.8 Å². The summed E-state index contributed by atoms with van der Waals surface area (Å²) in [5.41, 5.74) is 2.02. The van der Waals surface area contributed by atoms with Crippen molar-refractivity contribution in [3.05, 3.63) is 33.8 Å². The molecule has 5 heteroatoms. The van der Waals surface area contributed by atoms with Crippen molar-refractivity contribution in [1.29, 1.82) is 0 Å². The normalized spacial score (nSPS) is 21.7. The lowest BCUT2D eigenvalue weighted by molar-refractivity contribution is -0.142. The maximum absolute atomic E-state index is 12.1. The van der Waals surface area contributed by atoms with Crippen molar-refractivity contribution in [3.63, 3.8) is 0 Å². The first-order chi connectivity index (χ1) is 9.47. The van der Waals surface area contributed by atoms with Gasteiger partial charge >= 0.3 is 5.97 Å². The van der Waals surface area contributed by atoms with Crippen LogP contribution in [-0.2, 0) is 16.0 Å². The third kappa shape index (κ3) is 3.60. The summed E-state index contributed by atoms with van der Waals surface area (Å²) in [4.78, 5) is 23.1. The summed E-state index contributed by atoms with van der Waals surface area (Å²) in [7, 11) is 0. The van der Waals surface area contributed by atoms with E-state index >= 15 is 0 Å². The van der Waals surface area contributed by atoms with Crippen molar-refractivity contribution in [2.45, 2.75) is 38.6 Å². The van der Waals surface area contributed by atoms with E-state index in [9.17, 15) is 9.59 Å². The number of aliphatic carboxylic acids is 1. The first-order valence-corrected chi connectivity index (χ1v) is 7.54. The van der Waals surface area contributed by atoms with E-state index in [0.29, 0.717) is 12.8 Å². The van der Waals surface area contributed by atoms with Crippen LogP contribution in [0.3, 0.4) is 0 Å². The van der Waals surface area contributed by atoms with Crippen LogP contribution in [-0.4, -0.2) is 23.0 Å². The molecule has 0 bridgehead atoms. The average Bonchev–Trinajstić information content (AvgIpc) is 2.81. The van der Waals surface area contributed by atoms with Gasteiger partial charge in [0.25, 0.3) is 0 Å². The Morgan fingerprint density at radius 3 is 2.80 bits per heavy atom. The minimum Gasteiger partial charge on any atom is -0.481 e. The highest BCUT2D eigenvalue weighted by Gasteiger charge is 2.33. The fraction of sp³-hybridized carbons (Fsp3) is 0.467. The number of benzene rings is 1. The molecule has 1 aromatic carbocycles. The van der Waals surface area contributed by atoms with Crippen LogP contribution in [0.5, 0.6) is 0 Å². The van der Waals surface area contributed by atoms with E-state index in [1.807, 2.05) is 25.1 Å². The molecule has 1 saturated carbocycles. The summed E-state index contributed by atoms with van der Waals surface area (Å²) in [6.07, 6.45) is 2.56. The van der Waals surface area contributed by atoms with Gasteiger partial charge in [-0.25, -0.2) is 0 Å². The highest BCUT2D eigenvalue weighted by Crippen LogP contribution is 2.26. The largest absolute Gasteiger partial charge is 0.481 e. The third-order valence-electron chi connectivity index (χ3n) is 3.84. The van der Waals surface area contributed by atoms with Gasteiger partial charge in [-0.05, 0) is 43.0 Å². The van der Waals surface area contributed by atoms with Crippen molar-refractivity contribution >= 4 is 27.8 Å². The average molecular weight is 340 g/mol. The molecule has 0 heterocycles. The molecule has 2 atom stereocenters. The summed E-state index contributed by atoms with van der Waals surface area (Å²) < 4.78 is 0.987. The number of hydrogen-bond donors (Lipinski definition) is 2. The van der Waals surface area contributed by atoms with Crippen LogP contribution in [0.1, 0.15) is 30.4 Å². The Morgan fingerprint density at radius 2 is 2.15 bits per heavy atom. The summed E-state index contributed by atoms with van der Waals surface area (Å²) in [6.45, 7) is 1.96. The van der Waals surface area contributed by atoms with Crippen molar-refractivity contribution < 1.29 is 14.7 Å². The maximum atomic E-state index is 12.1. The number of carboxylic acid groups (broad SMARTS) is 1. The lowest BCUT2D eigenvalue weighted by Crippen LogP contribution is -2.40. The van der Waals surface area contributed by atoms with Crippen LogP contribution in [0.25, 0.3) is 0 Å². The first-order valence-electron chi connectivity index (χ1n) is 6.74. The van der Waals surface area contributed by atoms with Crippen molar-refractivity contribution in [1.82, 2.24) is 5.32 Å².